The molecule has 5 rings (SSSR count). The molecule has 3 aromatic heterocycles. The highest BCUT2D eigenvalue weighted by Gasteiger charge is 2.20. The largest absolute Gasteiger partial charge is 0.497 e. The molecule has 1 aliphatic carbocycles. The van der Waals surface area contributed by atoms with Crippen molar-refractivity contribution in [2.45, 2.75) is 31.7 Å². The van der Waals surface area contributed by atoms with Gasteiger partial charge in [0.15, 0.2) is 5.65 Å². The molecule has 0 aliphatic heterocycles. The monoisotopic (exact) mass is 419 g/mol. The van der Waals surface area contributed by atoms with E-state index in [9.17, 15) is 0 Å². The summed E-state index contributed by atoms with van der Waals surface area (Å²) in [6.45, 7) is 0. The normalized spacial score (nSPS) is 14.3. The number of pyridine rings is 1. The summed E-state index contributed by atoms with van der Waals surface area (Å²) in [6.07, 6.45) is 8.58. The maximum Gasteiger partial charge on any atom is 0.223 e. The Morgan fingerprint density at radius 3 is 2.80 bits per heavy atom. The molecule has 0 atom stereocenters. The summed E-state index contributed by atoms with van der Waals surface area (Å²) in [5.41, 5.74) is 4.09. The van der Waals surface area contributed by atoms with Crippen molar-refractivity contribution in [3.05, 3.63) is 59.9 Å². The van der Waals surface area contributed by atoms with Crippen molar-refractivity contribution in [1.82, 2.24) is 19.4 Å². The summed E-state index contributed by atoms with van der Waals surface area (Å²) < 4.78 is 7.40. The zero-order valence-corrected chi connectivity index (χ0v) is 17.4. The van der Waals surface area contributed by atoms with Gasteiger partial charge in [-0.1, -0.05) is 36.6 Å². The topological polar surface area (TPSA) is 64.3 Å². The third kappa shape index (κ3) is 3.48. The molecule has 1 fully saturated rings. The molecule has 1 aromatic carbocycles. The lowest BCUT2D eigenvalue weighted by Crippen LogP contribution is -2.16. The Morgan fingerprint density at radius 1 is 1.10 bits per heavy atom. The molecule has 152 valence electrons. The Kier molecular flexibility index (Phi) is 5.01. The van der Waals surface area contributed by atoms with Gasteiger partial charge in [0.1, 0.15) is 5.75 Å². The van der Waals surface area contributed by atoms with E-state index in [0.29, 0.717) is 22.7 Å². The molecule has 0 unspecified atom stereocenters. The van der Waals surface area contributed by atoms with Crippen LogP contribution in [-0.2, 0) is 0 Å². The number of rotatable bonds is 5. The van der Waals surface area contributed by atoms with E-state index in [1.807, 2.05) is 53.1 Å². The van der Waals surface area contributed by atoms with Gasteiger partial charge in [-0.25, -0.2) is 15.0 Å². The molecular formula is C23H22ClN5O. The Morgan fingerprint density at radius 2 is 1.97 bits per heavy atom. The fourth-order valence-electron chi connectivity index (χ4n) is 4.06. The van der Waals surface area contributed by atoms with Gasteiger partial charge in [-0.2, -0.15) is 0 Å². The highest BCUT2D eigenvalue weighted by atomic mass is 35.5. The van der Waals surface area contributed by atoms with Crippen molar-refractivity contribution < 1.29 is 4.74 Å². The van der Waals surface area contributed by atoms with E-state index < -0.39 is 0 Å². The van der Waals surface area contributed by atoms with Crippen molar-refractivity contribution in [1.29, 1.82) is 0 Å². The molecule has 7 heteroatoms. The molecule has 0 saturated heterocycles. The zero-order chi connectivity index (χ0) is 20.5. The molecule has 4 aromatic rings. The third-order valence-corrected chi connectivity index (χ3v) is 5.83. The van der Waals surface area contributed by atoms with Crippen molar-refractivity contribution in [2.75, 3.05) is 12.4 Å². The molecule has 1 N–H and O–H groups in total. The first-order valence-corrected chi connectivity index (χ1v) is 10.5. The molecule has 0 spiro atoms. The summed E-state index contributed by atoms with van der Waals surface area (Å²) in [4.78, 5) is 14.1. The van der Waals surface area contributed by atoms with Gasteiger partial charge >= 0.3 is 0 Å². The van der Waals surface area contributed by atoms with Crippen LogP contribution in [0, 0.1) is 0 Å². The zero-order valence-electron chi connectivity index (χ0n) is 16.7. The van der Waals surface area contributed by atoms with Crippen molar-refractivity contribution in [2.24, 2.45) is 0 Å². The van der Waals surface area contributed by atoms with Crippen molar-refractivity contribution in [3.63, 3.8) is 0 Å². The lowest BCUT2D eigenvalue weighted by molar-refractivity contribution is 0.415. The van der Waals surface area contributed by atoms with Crippen LogP contribution in [0.5, 0.6) is 5.75 Å². The van der Waals surface area contributed by atoms with Gasteiger partial charge in [-0.3, -0.25) is 4.40 Å². The fourth-order valence-corrected chi connectivity index (χ4v) is 4.27. The van der Waals surface area contributed by atoms with E-state index in [2.05, 4.69) is 10.3 Å². The first-order valence-electron chi connectivity index (χ1n) is 10.1. The van der Waals surface area contributed by atoms with E-state index in [1.165, 1.54) is 12.8 Å². The number of nitrogens with one attached hydrogen (secondary N) is 1. The van der Waals surface area contributed by atoms with E-state index in [-0.39, 0.29) is 0 Å². The predicted octanol–water partition coefficient (Wildman–Crippen LogP) is 5.47. The number of imidazole rings is 1. The number of methoxy groups -OCH3 is 1. The smallest absolute Gasteiger partial charge is 0.223 e. The average molecular weight is 420 g/mol. The number of fused-ring (bicyclic) bond motifs is 1. The van der Waals surface area contributed by atoms with Gasteiger partial charge in [-0.05, 0) is 43.2 Å². The third-order valence-electron chi connectivity index (χ3n) is 5.53. The fraction of sp³-hybridized carbons (Fsp3) is 0.261. The Balaban J connectivity index is 1.67. The summed E-state index contributed by atoms with van der Waals surface area (Å²) in [6, 6.07) is 14.0. The molecule has 1 aliphatic rings. The Hall–Kier alpha value is -3.12. The van der Waals surface area contributed by atoms with E-state index in [0.717, 1.165) is 41.2 Å². The molecule has 1 saturated carbocycles. The van der Waals surface area contributed by atoms with Gasteiger partial charge in [0.05, 0.1) is 29.2 Å². The van der Waals surface area contributed by atoms with Crippen LogP contribution in [0.3, 0.4) is 0 Å². The molecule has 0 bridgehead atoms. The van der Waals surface area contributed by atoms with Crippen LogP contribution in [0.15, 0.2) is 54.9 Å². The van der Waals surface area contributed by atoms with Gasteiger partial charge in [-0.15, -0.1) is 0 Å². The minimum atomic E-state index is 0.440. The van der Waals surface area contributed by atoms with Crippen LogP contribution in [0.25, 0.3) is 28.3 Å². The number of hydrogen-bond donors (Lipinski definition) is 1. The van der Waals surface area contributed by atoms with Crippen LogP contribution >= 0.6 is 11.6 Å². The second-order valence-corrected chi connectivity index (χ2v) is 7.89. The highest BCUT2D eigenvalue weighted by Crippen LogP contribution is 2.35. The molecule has 0 radical (unpaired) electrons. The lowest BCUT2D eigenvalue weighted by Gasteiger charge is -2.13. The minimum Gasteiger partial charge on any atom is -0.497 e. The number of anilines is 1. The molecule has 6 nitrogen and oxygen atoms in total. The van der Waals surface area contributed by atoms with E-state index in [4.69, 9.17) is 26.3 Å². The number of benzene rings is 1. The number of nitrogens with zero attached hydrogens (tertiary/aromatic N) is 4. The first-order chi connectivity index (χ1) is 14.7. The van der Waals surface area contributed by atoms with E-state index in [1.54, 1.807) is 13.3 Å². The highest BCUT2D eigenvalue weighted by molar-refractivity contribution is 6.33. The summed E-state index contributed by atoms with van der Waals surface area (Å²) in [7, 11) is 1.66. The minimum absolute atomic E-state index is 0.440. The molecular weight excluding hydrogens is 398 g/mol. The second-order valence-electron chi connectivity index (χ2n) is 7.48. The first kappa shape index (κ1) is 18.9. The summed E-state index contributed by atoms with van der Waals surface area (Å²) >= 11 is 6.47. The standard InChI is InChI=1S/C23H22ClN5O/c1-30-17-9-4-6-15(14-17)20-21(29-13-5-10-18(24)22(29)28-20)19-11-12-25-23(27-19)26-16-7-2-3-8-16/h4-6,9-14,16H,2-3,7-8H2,1H3,(H,25,26,27). The Labute approximate surface area is 179 Å². The van der Waals surface area contributed by atoms with Crippen LogP contribution in [-0.4, -0.2) is 32.5 Å². The second kappa shape index (κ2) is 7.95. The summed E-state index contributed by atoms with van der Waals surface area (Å²) in [5, 5.41) is 4.07. The van der Waals surface area contributed by atoms with Gasteiger partial charge in [0, 0.05) is 24.0 Å². The molecule has 3 heterocycles. The van der Waals surface area contributed by atoms with Crippen LogP contribution < -0.4 is 10.1 Å². The number of aromatic nitrogens is 4. The molecule has 30 heavy (non-hydrogen) atoms. The van der Waals surface area contributed by atoms with E-state index >= 15 is 0 Å². The van der Waals surface area contributed by atoms with Crippen LogP contribution in [0.1, 0.15) is 25.7 Å². The van der Waals surface area contributed by atoms with Crippen LogP contribution in [0.2, 0.25) is 5.02 Å². The maximum absolute atomic E-state index is 6.47. The average Bonchev–Trinajstić information content (AvgIpc) is 3.42. The Bertz CT molecular complexity index is 1200. The van der Waals surface area contributed by atoms with Gasteiger partial charge in [0.2, 0.25) is 5.95 Å². The number of ether oxygens (including phenoxy) is 1. The SMILES string of the molecule is COc1cccc(-c2nc3c(Cl)cccn3c2-c2ccnc(NC3CCCC3)n2)c1. The van der Waals surface area contributed by atoms with Gasteiger partial charge in [0.25, 0.3) is 0 Å². The van der Waals surface area contributed by atoms with Gasteiger partial charge < -0.3 is 10.1 Å². The quantitative estimate of drug-likeness (QED) is 0.464. The molecule has 0 amide bonds. The summed E-state index contributed by atoms with van der Waals surface area (Å²) in [5.74, 6) is 1.42. The number of hydrogen-bond acceptors (Lipinski definition) is 5. The predicted molar refractivity (Wildman–Crippen MR) is 119 cm³/mol. The lowest BCUT2D eigenvalue weighted by atomic mass is 10.1. The maximum atomic E-state index is 6.47. The van der Waals surface area contributed by atoms with Crippen molar-refractivity contribution in [3.8, 4) is 28.4 Å². The van der Waals surface area contributed by atoms with Crippen molar-refractivity contribution >= 4 is 23.2 Å². The number of halogens is 1. The van der Waals surface area contributed by atoms with Crippen LogP contribution in [0.4, 0.5) is 5.95 Å².